The lowest BCUT2D eigenvalue weighted by Crippen LogP contribution is -2.49. The summed E-state index contributed by atoms with van der Waals surface area (Å²) in [5.41, 5.74) is 0.860. The minimum absolute atomic E-state index is 0.000883. The first-order valence-electron chi connectivity index (χ1n) is 15.2. The maximum absolute atomic E-state index is 14.6. The predicted molar refractivity (Wildman–Crippen MR) is 175 cm³/mol. The second-order valence-electron chi connectivity index (χ2n) is 11.6. The second kappa shape index (κ2) is 11.4. The van der Waals surface area contributed by atoms with Crippen LogP contribution in [0.1, 0.15) is 18.9 Å². The SMILES string of the molecule is CCC(=O)N1CCN(c2ccc(-c3nc4ccc(-c5cnc6ccccc6c5)cc4c4[nH]c(=O)n(C)c(=O)c34)cc2C(F)(F)F)CC1. The van der Waals surface area contributed by atoms with Crippen molar-refractivity contribution in [3.05, 3.63) is 99.3 Å². The molecule has 12 heteroatoms. The Kier molecular flexibility index (Phi) is 7.30. The van der Waals surface area contributed by atoms with E-state index in [1.54, 1.807) is 35.1 Å². The van der Waals surface area contributed by atoms with Crippen LogP contribution in [0.25, 0.3) is 55.1 Å². The number of hydrogen-bond acceptors (Lipinski definition) is 6. The highest BCUT2D eigenvalue weighted by molar-refractivity contribution is 6.09. The average molecular weight is 639 g/mol. The van der Waals surface area contributed by atoms with Crippen molar-refractivity contribution in [1.29, 1.82) is 0 Å². The number of aromatic amines is 1. The molecule has 0 unspecified atom stereocenters. The van der Waals surface area contributed by atoms with E-state index >= 15 is 0 Å². The first-order valence-corrected chi connectivity index (χ1v) is 15.2. The van der Waals surface area contributed by atoms with E-state index in [0.717, 1.165) is 32.7 Å². The summed E-state index contributed by atoms with van der Waals surface area (Å²) in [6.45, 7) is 2.90. The van der Waals surface area contributed by atoms with Crippen molar-refractivity contribution in [2.45, 2.75) is 19.5 Å². The standard InChI is InChI=1S/C35H29F3N6O3/c1-3-29(45)44-14-12-43(13-15-44)28-11-9-22(18-25(28)35(36,37)38)31-30-32(41-34(47)42(2)33(30)46)24-17-20(8-10-27(24)40-31)23-16-21-6-4-5-7-26(21)39-19-23/h4-11,16-19H,3,12-15H2,1-2H3,(H,41,47). The van der Waals surface area contributed by atoms with E-state index in [-0.39, 0.29) is 46.8 Å². The van der Waals surface area contributed by atoms with Crippen LogP contribution in [-0.2, 0) is 18.0 Å². The molecule has 6 aromatic rings. The van der Waals surface area contributed by atoms with Gasteiger partial charge in [0.1, 0.15) is 0 Å². The van der Waals surface area contributed by atoms with Crippen molar-refractivity contribution in [3.63, 3.8) is 0 Å². The summed E-state index contributed by atoms with van der Waals surface area (Å²) >= 11 is 0. The molecule has 3 aromatic carbocycles. The summed E-state index contributed by atoms with van der Waals surface area (Å²) in [5, 5.41) is 1.41. The van der Waals surface area contributed by atoms with Crippen LogP contribution in [0.2, 0.25) is 0 Å². The summed E-state index contributed by atoms with van der Waals surface area (Å²) in [6.07, 6.45) is -2.64. The predicted octanol–water partition coefficient (Wildman–Crippen LogP) is 5.73. The van der Waals surface area contributed by atoms with E-state index in [2.05, 4.69) is 9.97 Å². The van der Waals surface area contributed by atoms with E-state index in [4.69, 9.17) is 4.98 Å². The lowest BCUT2D eigenvalue weighted by atomic mass is 9.98. The van der Waals surface area contributed by atoms with E-state index < -0.39 is 23.0 Å². The van der Waals surface area contributed by atoms with Crippen molar-refractivity contribution < 1.29 is 18.0 Å². The van der Waals surface area contributed by atoms with Gasteiger partial charge in [-0.05, 0) is 42.0 Å². The fourth-order valence-corrected chi connectivity index (χ4v) is 6.28. The number of carbonyl (C=O) groups excluding carboxylic acids is 1. The summed E-state index contributed by atoms with van der Waals surface area (Å²) in [4.78, 5) is 53.9. The van der Waals surface area contributed by atoms with Crippen LogP contribution >= 0.6 is 0 Å². The van der Waals surface area contributed by atoms with Crippen LogP contribution in [0.3, 0.4) is 0 Å². The van der Waals surface area contributed by atoms with Gasteiger partial charge < -0.3 is 14.8 Å². The van der Waals surface area contributed by atoms with Crippen molar-refractivity contribution in [2.75, 3.05) is 31.1 Å². The Morgan fingerprint density at radius 3 is 2.38 bits per heavy atom. The highest BCUT2D eigenvalue weighted by Gasteiger charge is 2.36. The maximum Gasteiger partial charge on any atom is 0.418 e. The number of carbonyl (C=O) groups is 1. The highest BCUT2D eigenvalue weighted by atomic mass is 19.4. The number of piperazine rings is 1. The monoisotopic (exact) mass is 638 g/mol. The van der Waals surface area contributed by atoms with Crippen LogP contribution in [0.5, 0.6) is 0 Å². The van der Waals surface area contributed by atoms with Gasteiger partial charge in [0, 0.05) is 73.4 Å². The van der Waals surface area contributed by atoms with Gasteiger partial charge in [0.25, 0.3) is 5.56 Å². The molecule has 3 aromatic heterocycles. The van der Waals surface area contributed by atoms with Gasteiger partial charge >= 0.3 is 11.9 Å². The molecule has 9 nitrogen and oxygen atoms in total. The Labute approximate surface area is 265 Å². The Bertz CT molecular complexity index is 2340. The molecule has 1 saturated heterocycles. The number of pyridine rings is 2. The lowest BCUT2D eigenvalue weighted by molar-refractivity contribution is -0.137. The quantitative estimate of drug-likeness (QED) is 0.247. The third kappa shape index (κ3) is 5.29. The zero-order valence-corrected chi connectivity index (χ0v) is 25.6. The zero-order chi connectivity index (χ0) is 33.0. The van der Waals surface area contributed by atoms with E-state index in [0.29, 0.717) is 30.4 Å². The summed E-state index contributed by atoms with van der Waals surface area (Å²) in [6, 6.07) is 18.9. The molecule has 238 valence electrons. The number of fused-ring (bicyclic) bond motifs is 4. The summed E-state index contributed by atoms with van der Waals surface area (Å²) in [7, 11) is 1.30. The number of alkyl halides is 3. The fourth-order valence-electron chi connectivity index (χ4n) is 6.28. The summed E-state index contributed by atoms with van der Waals surface area (Å²) < 4.78 is 44.7. The van der Waals surface area contributed by atoms with Gasteiger partial charge in [-0.1, -0.05) is 37.3 Å². The largest absolute Gasteiger partial charge is 0.418 e. The molecule has 1 aliphatic heterocycles. The zero-order valence-electron chi connectivity index (χ0n) is 25.6. The molecule has 7 rings (SSSR count). The number of halogens is 3. The molecule has 4 heterocycles. The van der Waals surface area contributed by atoms with Gasteiger partial charge in [-0.3, -0.25) is 19.1 Å². The second-order valence-corrected chi connectivity index (χ2v) is 11.6. The molecule has 0 atom stereocenters. The number of hydrogen-bond donors (Lipinski definition) is 1. The molecule has 0 aliphatic carbocycles. The smallest absolute Gasteiger partial charge is 0.367 e. The van der Waals surface area contributed by atoms with Crippen LogP contribution < -0.4 is 16.1 Å². The highest BCUT2D eigenvalue weighted by Crippen LogP contribution is 2.41. The van der Waals surface area contributed by atoms with Gasteiger partial charge in [0.05, 0.1) is 33.2 Å². The number of aromatic nitrogens is 4. The molecule has 1 aliphatic rings. The topological polar surface area (TPSA) is 104 Å². The first kappa shape index (κ1) is 30.2. The van der Waals surface area contributed by atoms with Crippen molar-refractivity contribution in [2.24, 2.45) is 7.05 Å². The molecule has 0 radical (unpaired) electrons. The van der Waals surface area contributed by atoms with Crippen molar-refractivity contribution >= 4 is 44.3 Å². The molecule has 1 fully saturated rings. The van der Waals surface area contributed by atoms with Gasteiger partial charge in [0.2, 0.25) is 5.91 Å². The number of nitrogens with one attached hydrogen (secondary N) is 1. The van der Waals surface area contributed by atoms with E-state index in [1.165, 1.54) is 19.2 Å². The Hall–Kier alpha value is -5.52. The molecule has 0 bridgehead atoms. The van der Waals surface area contributed by atoms with Gasteiger partial charge in [-0.15, -0.1) is 0 Å². The molecule has 1 N–H and O–H groups in total. The van der Waals surface area contributed by atoms with Crippen LogP contribution in [-0.4, -0.2) is 56.5 Å². The number of amides is 1. The number of rotatable bonds is 4. The Morgan fingerprint density at radius 1 is 0.894 bits per heavy atom. The Morgan fingerprint density at radius 2 is 1.64 bits per heavy atom. The molecule has 47 heavy (non-hydrogen) atoms. The van der Waals surface area contributed by atoms with Gasteiger partial charge in [-0.2, -0.15) is 13.2 Å². The van der Waals surface area contributed by atoms with Crippen LogP contribution in [0.4, 0.5) is 18.9 Å². The van der Waals surface area contributed by atoms with E-state index in [1.807, 2.05) is 36.4 Å². The normalized spacial score (nSPS) is 14.0. The van der Waals surface area contributed by atoms with Gasteiger partial charge in [0.15, 0.2) is 0 Å². The molecular formula is C35H29F3N6O3. The third-order valence-corrected chi connectivity index (χ3v) is 8.81. The number of nitrogens with zero attached hydrogens (tertiary/aromatic N) is 5. The molecule has 0 saturated carbocycles. The number of H-pyrrole nitrogens is 1. The Balaban J connectivity index is 1.39. The van der Waals surface area contributed by atoms with Gasteiger partial charge in [-0.25, -0.2) is 9.78 Å². The minimum atomic E-state index is -4.71. The average Bonchev–Trinajstić information content (AvgIpc) is 3.09. The molecule has 0 spiro atoms. The molecule has 1 amide bonds. The lowest BCUT2D eigenvalue weighted by Gasteiger charge is -2.37. The fraction of sp³-hybridized carbons (Fsp3) is 0.229. The van der Waals surface area contributed by atoms with E-state index in [9.17, 15) is 27.6 Å². The first-order chi connectivity index (χ1) is 22.5. The minimum Gasteiger partial charge on any atom is -0.367 e. The van der Waals surface area contributed by atoms with Crippen LogP contribution in [0, 0.1) is 0 Å². The maximum atomic E-state index is 14.6. The molecular weight excluding hydrogens is 609 g/mol. The number of para-hydroxylation sites is 1. The van der Waals surface area contributed by atoms with Crippen molar-refractivity contribution in [3.8, 4) is 22.4 Å². The van der Waals surface area contributed by atoms with Crippen LogP contribution in [0.15, 0.2) is 82.5 Å². The van der Waals surface area contributed by atoms with Crippen molar-refractivity contribution in [1.82, 2.24) is 24.4 Å². The number of anilines is 1. The number of benzene rings is 3. The summed E-state index contributed by atoms with van der Waals surface area (Å²) in [5.74, 6) is -0.0361. The third-order valence-electron chi connectivity index (χ3n) is 8.81.